The number of rotatable bonds is 5. The Hall–Kier alpha value is -5.10. The number of fused-ring (bicyclic) bond motifs is 3. The number of benzene rings is 3. The topological polar surface area (TPSA) is 119 Å². The van der Waals surface area contributed by atoms with Crippen LogP contribution in [0.3, 0.4) is 0 Å². The van der Waals surface area contributed by atoms with Crippen LogP contribution in [0.15, 0.2) is 66.9 Å². The third-order valence-corrected chi connectivity index (χ3v) is 8.63. The summed E-state index contributed by atoms with van der Waals surface area (Å²) in [7, 11) is 1.39. The normalized spacial score (nSPS) is 17.0. The molecular formula is C33H30N4O5. The summed E-state index contributed by atoms with van der Waals surface area (Å²) >= 11 is 0. The number of anilines is 1. The van der Waals surface area contributed by atoms with Gasteiger partial charge in [0.2, 0.25) is 5.69 Å². The van der Waals surface area contributed by atoms with Crippen molar-refractivity contribution >= 4 is 34.3 Å². The Bertz CT molecular complexity index is 1750. The van der Waals surface area contributed by atoms with Gasteiger partial charge in [0.05, 0.1) is 20.1 Å². The van der Waals surface area contributed by atoms with E-state index in [1.165, 1.54) is 7.11 Å². The summed E-state index contributed by atoms with van der Waals surface area (Å²) in [5, 5.41) is 11.4. The van der Waals surface area contributed by atoms with Gasteiger partial charge in [-0.15, -0.1) is 0 Å². The second-order valence-corrected chi connectivity index (χ2v) is 10.9. The van der Waals surface area contributed by atoms with Crippen molar-refractivity contribution in [3.63, 3.8) is 0 Å². The highest BCUT2D eigenvalue weighted by molar-refractivity contribution is 5.94. The number of piperidine rings is 1. The van der Waals surface area contributed by atoms with Crippen LogP contribution >= 0.6 is 0 Å². The predicted octanol–water partition coefficient (Wildman–Crippen LogP) is 6.29. The van der Waals surface area contributed by atoms with E-state index in [0.29, 0.717) is 36.6 Å². The number of nitrogen functional groups attached to an aromatic ring is 1. The van der Waals surface area contributed by atoms with Crippen LogP contribution in [0.2, 0.25) is 0 Å². The number of ether oxygens (including phenoxy) is 2. The summed E-state index contributed by atoms with van der Waals surface area (Å²) in [4.78, 5) is 33.5. The van der Waals surface area contributed by atoms with Crippen molar-refractivity contribution in [2.24, 2.45) is 0 Å². The van der Waals surface area contributed by atoms with E-state index >= 15 is 0 Å². The number of methoxy groups -OCH3 is 1. The van der Waals surface area contributed by atoms with Crippen molar-refractivity contribution in [2.75, 3.05) is 25.9 Å². The molecule has 1 amide bonds. The van der Waals surface area contributed by atoms with Gasteiger partial charge in [0.1, 0.15) is 17.7 Å². The number of carboxylic acids is 1. The summed E-state index contributed by atoms with van der Waals surface area (Å²) in [5.74, 6) is -0.215. The van der Waals surface area contributed by atoms with E-state index in [9.17, 15) is 14.7 Å². The minimum Gasteiger partial charge on any atom is -0.496 e. The highest BCUT2D eigenvalue weighted by atomic mass is 16.5. The van der Waals surface area contributed by atoms with Crippen LogP contribution in [-0.2, 0) is 21.4 Å². The number of nitrogens with zero attached hydrogens (tertiary/aromatic N) is 3. The van der Waals surface area contributed by atoms with Crippen LogP contribution in [0.5, 0.6) is 5.75 Å². The largest absolute Gasteiger partial charge is 0.496 e. The van der Waals surface area contributed by atoms with E-state index in [1.807, 2.05) is 18.2 Å². The number of carboxylic acid groups (broad SMARTS) is 1. The van der Waals surface area contributed by atoms with Gasteiger partial charge in [-0.2, -0.15) is 0 Å². The van der Waals surface area contributed by atoms with Crippen molar-refractivity contribution in [1.82, 2.24) is 9.88 Å². The maximum atomic E-state index is 12.2. The van der Waals surface area contributed by atoms with Crippen LogP contribution in [0.25, 0.3) is 26.7 Å². The zero-order chi connectivity index (χ0) is 29.4. The van der Waals surface area contributed by atoms with Gasteiger partial charge in [-0.25, -0.2) is 14.6 Å². The molecule has 1 spiro atoms. The average molecular weight is 563 g/mol. The molecule has 3 aromatic carbocycles. The monoisotopic (exact) mass is 562 g/mol. The van der Waals surface area contributed by atoms with Crippen molar-refractivity contribution in [3.8, 4) is 16.9 Å². The Kier molecular flexibility index (Phi) is 6.91. The number of nitrogens with two attached hydrogens (primary N) is 1. The first-order valence-electron chi connectivity index (χ1n) is 13.8. The maximum Gasteiger partial charge on any atom is 0.409 e. The van der Waals surface area contributed by atoms with Crippen LogP contribution in [0.1, 0.15) is 42.1 Å². The molecule has 1 aromatic heterocycles. The lowest BCUT2D eigenvalue weighted by molar-refractivity contribution is -0.136. The highest BCUT2D eigenvalue weighted by Crippen LogP contribution is 2.54. The van der Waals surface area contributed by atoms with Crippen molar-refractivity contribution in [2.45, 2.75) is 37.2 Å². The fourth-order valence-corrected chi connectivity index (χ4v) is 6.50. The molecule has 9 heteroatoms. The van der Waals surface area contributed by atoms with E-state index in [-0.39, 0.29) is 23.6 Å². The number of carbonyl (C=O) groups excluding carboxylic acids is 1. The first-order valence-corrected chi connectivity index (χ1v) is 13.8. The molecule has 1 unspecified atom stereocenters. The molecule has 9 nitrogen and oxygen atoms in total. The molecule has 2 heterocycles. The number of likely N-dealkylation sites (tertiary alicyclic amines) is 1. The van der Waals surface area contributed by atoms with E-state index < -0.39 is 12.1 Å². The van der Waals surface area contributed by atoms with Gasteiger partial charge in [-0.3, -0.25) is 4.79 Å². The highest BCUT2D eigenvalue weighted by Gasteiger charge is 2.47. The second kappa shape index (κ2) is 10.7. The molecule has 0 radical (unpaired) electrons. The standard InChI is InChI=1S/C33H30N4O5/c1-35-27-5-3-4-23(18-29(38)39)30(27)42-28-19-33(11-14-37(15-12-33)32(40)41-2)26-9-8-22(17-25(26)28)21-7-6-20-10-13-36-31(34)24(20)16-21/h3-10,13,16-17,28H,11-12,14-15,18-19H2,2H3,(H2,34,36)(H,38,39). The van der Waals surface area contributed by atoms with Gasteiger partial charge < -0.3 is 25.2 Å². The van der Waals surface area contributed by atoms with Gasteiger partial charge in [-0.05, 0) is 70.7 Å². The number of aromatic nitrogens is 1. The molecular weight excluding hydrogens is 532 g/mol. The molecule has 3 N–H and O–H groups in total. The Morgan fingerprint density at radius 3 is 2.62 bits per heavy atom. The number of carbonyl (C=O) groups is 2. The molecule has 1 aliphatic carbocycles. The number of para-hydroxylation sites is 1. The quantitative estimate of drug-likeness (QED) is 0.275. The minimum atomic E-state index is -0.993. The van der Waals surface area contributed by atoms with Crippen LogP contribution < -0.4 is 10.5 Å². The van der Waals surface area contributed by atoms with Crippen LogP contribution in [-0.4, -0.2) is 47.3 Å². The zero-order valence-corrected chi connectivity index (χ0v) is 23.2. The molecule has 42 heavy (non-hydrogen) atoms. The SMILES string of the molecule is [C-]#[N+]c1cccc(CC(=O)O)c1OC1CC2(CCN(C(=O)OC)CC2)c2ccc(-c3ccc4ccnc(N)c4c3)cc21. The van der Waals surface area contributed by atoms with Gasteiger partial charge in [0, 0.05) is 30.1 Å². The summed E-state index contributed by atoms with van der Waals surface area (Å²) < 4.78 is 11.6. The zero-order valence-electron chi connectivity index (χ0n) is 23.2. The molecule has 0 saturated carbocycles. The number of amides is 1. The summed E-state index contributed by atoms with van der Waals surface area (Å²) in [5.41, 5.74) is 10.8. The fraction of sp³-hybridized carbons (Fsp3) is 0.273. The second-order valence-electron chi connectivity index (χ2n) is 10.9. The fourth-order valence-electron chi connectivity index (χ4n) is 6.50. The lowest BCUT2D eigenvalue weighted by atomic mass is 9.73. The van der Waals surface area contributed by atoms with Crippen LogP contribution in [0, 0.1) is 6.57 Å². The first kappa shape index (κ1) is 27.1. The molecule has 212 valence electrons. The summed E-state index contributed by atoms with van der Waals surface area (Å²) in [6.45, 7) is 8.83. The molecule has 1 aliphatic heterocycles. The Labute approximate surface area is 243 Å². The van der Waals surface area contributed by atoms with E-state index in [1.54, 1.807) is 29.3 Å². The third-order valence-electron chi connectivity index (χ3n) is 8.63. The summed E-state index contributed by atoms with van der Waals surface area (Å²) in [6, 6.07) is 19.5. The van der Waals surface area contributed by atoms with Gasteiger partial charge in [0.25, 0.3) is 0 Å². The molecule has 4 aromatic rings. The Balaban J connectivity index is 1.43. The number of aliphatic carboxylic acids is 1. The molecule has 6 rings (SSSR count). The Morgan fingerprint density at radius 2 is 1.88 bits per heavy atom. The Morgan fingerprint density at radius 1 is 1.12 bits per heavy atom. The van der Waals surface area contributed by atoms with E-state index in [0.717, 1.165) is 45.9 Å². The van der Waals surface area contributed by atoms with Crippen molar-refractivity contribution < 1.29 is 24.2 Å². The van der Waals surface area contributed by atoms with Gasteiger partial charge >= 0.3 is 12.1 Å². The number of hydrogen-bond acceptors (Lipinski definition) is 6. The molecule has 0 bridgehead atoms. The smallest absolute Gasteiger partial charge is 0.409 e. The van der Waals surface area contributed by atoms with Crippen LogP contribution in [0.4, 0.5) is 16.3 Å². The van der Waals surface area contributed by atoms with E-state index in [4.69, 9.17) is 21.8 Å². The van der Waals surface area contributed by atoms with Crippen molar-refractivity contribution in [1.29, 1.82) is 0 Å². The van der Waals surface area contributed by atoms with Gasteiger partial charge in [-0.1, -0.05) is 42.5 Å². The summed E-state index contributed by atoms with van der Waals surface area (Å²) in [6.07, 6.45) is 2.82. The molecule has 2 aliphatic rings. The predicted molar refractivity (Wildman–Crippen MR) is 159 cm³/mol. The molecule has 1 fully saturated rings. The maximum absolute atomic E-state index is 12.2. The van der Waals surface area contributed by atoms with E-state index in [2.05, 4.69) is 34.1 Å². The number of hydrogen-bond donors (Lipinski definition) is 2. The van der Waals surface area contributed by atoms with Gasteiger partial charge in [0.15, 0.2) is 0 Å². The van der Waals surface area contributed by atoms with Crippen molar-refractivity contribution in [3.05, 3.63) is 95.0 Å². The lowest BCUT2D eigenvalue weighted by Crippen LogP contribution is -2.44. The average Bonchev–Trinajstić information content (AvgIpc) is 3.29. The molecule has 1 atom stereocenters. The first-order chi connectivity index (χ1) is 20.3. The minimum absolute atomic E-state index is 0.235. The lowest BCUT2D eigenvalue weighted by Gasteiger charge is -2.39. The third kappa shape index (κ3) is 4.75. The number of pyridine rings is 1. The molecule has 1 saturated heterocycles.